The highest BCUT2D eigenvalue weighted by Gasteiger charge is 2.48. The van der Waals surface area contributed by atoms with Crippen LogP contribution < -0.4 is 0 Å². The lowest BCUT2D eigenvalue weighted by atomic mass is 9.91. The van der Waals surface area contributed by atoms with Crippen molar-refractivity contribution in [2.24, 2.45) is 0 Å². The minimum atomic E-state index is -0.691. The maximum absolute atomic E-state index is 13.9. The summed E-state index contributed by atoms with van der Waals surface area (Å²) in [4.78, 5) is 27.4. The number of amides is 2. The highest BCUT2D eigenvalue weighted by atomic mass is 19.1. The largest absolute Gasteiger partial charge is 0.444 e. The molecule has 6 nitrogen and oxygen atoms in total. The van der Waals surface area contributed by atoms with Gasteiger partial charge in [0.2, 0.25) is 0 Å². The van der Waals surface area contributed by atoms with Crippen molar-refractivity contribution in [1.82, 2.24) is 9.80 Å². The summed E-state index contributed by atoms with van der Waals surface area (Å²) in [5, 5.41) is 0. The molecule has 2 fully saturated rings. The third kappa shape index (κ3) is 4.48. The first-order valence-corrected chi connectivity index (χ1v) is 8.97. The van der Waals surface area contributed by atoms with Crippen LogP contribution in [0.3, 0.4) is 0 Å². The quantitative estimate of drug-likeness (QED) is 0.783. The summed E-state index contributed by atoms with van der Waals surface area (Å²) >= 11 is 0. The fourth-order valence-electron chi connectivity index (χ4n) is 3.35. The van der Waals surface area contributed by atoms with Gasteiger partial charge in [-0.1, -0.05) is 6.07 Å². The molecule has 2 heterocycles. The van der Waals surface area contributed by atoms with Gasteiger partial charge in [0.05, 0.1) is 13.1 Å². The molecule has 0 saturated carbocycles. The second kappa shape index (κ2) is 6.98. The standard InChI is InChI=1S/C19H24F2N2O4/c1-18(2,3)26-16(24)22-8-6-19(7-9-22)12-23(17(25)27-19)11-13-4-5-14(20)10-15(13)21/h4-5,10H,6-9,11-12H2,1-3H3. The number of nitrogens with zero attached hydrogens (tertiary/aromatic N) is 2. The molecule has 8 heteroatoms. The summed E-state index contributed by atoms with van der Waals surface area (Å²) in [6.45, 7) is 6.58. The van der Waals surface area contributed by atoms with Crippen LogP contribution in [-0.4, -0.2) is 52.8 Å². The van der Waals surface area contributed by atoms with Gasteiger partial charge in [-0.05, 0) is 26.8 Å². The van der Waals surface area contributed by atoms with Gasteiger partial charge in [-0.15, -0.1) is 0 Å². The molecular formula is C19H24F2N2O4. The zero-order chi connectivity index (χ0) is 19.8. The Morgan fingerprint density at radius 3 is 2.52 bits per heavy atom. The summed E-state index contributed by atoms with van der Waals surface area (Å²) in [6.07, 6.45) is 0.0668. The van der Waals surface area contributed by atoms with Crippen LogP contribution in [0.1, 0.15) is 39.2 Å². The molecule has 2 aliphatic rings. The van der Waals surface area contributed by atoms with Crippen molar-refractivity contribution in [2.75, 3.05) is 19.6 Å². The predicted octanol–water partition coefficient (Wildman–Crippen LogP) is 3.69. The molecule has 0 unspecified atom stereocenters. The lowest BCUT2D eigenvalue weighted by molar-refractivity contribution is -0.0170. The maximum atomic E-state index is 13.9. The Balaban J connectivity index is 1.60. The minimum absolute atomic E-state index is 0.0163. The molecule has 0 atom stereocenters. The number of ether oxygens (including phenoxy) is 2. The molecule has 1 aromatic carbocycles. The summed E-state index contributed by atoms with van der Waals surface area (Å²) in [5.41, 5.74) is -1.02. The fourth-order valence-corrected chi connectivity index (χ4v) is 3.35. The zero-order valence-electron chi connectivity index (χ0n) is 15.8. The van der Waals surface area contributed by atoms with Gasteiger partial charge in [-0.3, -0.25) is 4.90 Å². The molecule has 0 aliphatic carbocycles. The van der Waals surface area contributed by atoms with Gasteiger partial charge in [0.15, 0.2) is 0 Å². The van der Waals surface area contributed by atoms with Gasteiger partial charge in [0, 0.05) is 37.6 Å². The highest BCUT2D eigenvalue weighted by Crippen LogP contribution is 2.34. The van der Waals surface area contributed by atoms with E-state index in [9.17, 15) is 18.4 Å². The van der Waals surface area contributed by atoms with Crippen LogP contribution in [0, 0.1) is 11.6 Å². The van der Waals surface area contributed by atoms with Crippen molar-refractivity contribution in [3.63, 3.8) is 0 Å². The molecule has 1 aromatic rings. The van der Waals surface area contributed by atoms with Crippen molar-refractivity contribution >= 4 is 12.2 Å². The van der Waals surface area contributed by atoms with E-state index in [4.69, 9.17) is 9.47 Å². The van der Waals surface area contributed by atoms with Gasteiger partial charge < -0.3 is 14.4 Å². The van der Waals surface area contributed by atoms with Crippen molar-refractivity contribution in [3.8, 4) is 0 Å². The maximum Gasteiger partial charge on any atom is 0.410 e. The van der Waals surface area contributed by atoms with E-state index in [1.165, 1.54) is 11.0 Å². The van der Waals surface area contributed by atoms with E-state index in [1.807, 2.05) is 20.8 Å². The minimum Gasteiger partial charge on any atom is -0.444 e. The summed E-state index contributed by atoms with van der Waals surface area (Å²) in [5.74, 6) is -1.35. The Morgan fingerprint density at radius 1 is 1.26 bits per heavy atom. The SMILES string of the molecule is CC(C)(C)OC(=O)N1CCC2(CC1)CN(Cc1ccc(F)cc1F)C(=O)O2. The first-order chi connectivity index (χ1) is 12.6. The molecule has 0 aromatic heterocycles. The molecule has 148 valence electrons. The monoisotopic (exact) mass is 382 g/mol. The highest BCUT2D eigenvalue weighted by molar-refractivity contribution is 5.71. The number of rotatable bonds is 2. The second-order valence-corrected chi connectivity index (χ2v) is 8.11. The molecule has 27 heavy (non-hydrogen) atoms. The number of halogens is 2. The Labute approximate surface area is 157 Å². The van der Waals surface area contributed by atoms with Crippen LogP contribution in [-0.2, 0) is 16.0 Å². The molecule has 1 spiro atoms. The molecule has 2 saturated heterocycles. The lowest BCUT2D eigenvalue weighted by Crippen LogP contribution is -2.49. The Kier molecular flexibility index (Phi) is 5.01. The number of likely N-dealkylation sites (tertiary alicyclic amines) is 1. The molecule has 0 N–H and O–H groups in total. The Bertz CT molecular complexity index is 740. The first kappa shape index (κ1) is 19.4. The van der Waals surface area contributed by atoms with Crippen LogP contribution in [0.2, 0.25) is 0 Å². The van der Waals surface area contributed by atoms with Crippen molar-refractivity contribution in [3.05, 3.63) is 35.4 Å². The number of carbonyl (C=O) groups excluding carboxylic acids is 2. The van der Waals surface area contributed by atoms with Crippen LogP contribution in [0.15, 0.2) is 18.2 Å². The van der Waals surface area contributed by atoms with Gasteiger partial charge >= 0.3 is 12.2 Å². The predicted molar refractivity (Wildman–Crippen MR) is 93.0 cm³/mol. The zero-order valence-corrected chi connectivity index (χ0v) is 15.8. The first-order valence-electron chi connectivity index (χ1n) is 8.97. The number of piperidine rings is 1. The number of hydrogen-bond acceptors (Lipinski definition) is 4. The van der Waals surface area contributed by atoms with Gasteiger partial charge in [-0.25, -0.2) is 18.4 Å². The average Bonchev–Trinajstić information content (AvgIpc) is 2.84. The van der Waals surface area contributed by atoms with Gasteiger partial charge in [-0.2, -0.15) is 0 Å². The fraction of sp³-hybridized carbons (Fsp3) is 0.579. The normalized spacial score (nSPS) is 19.4. The van der Waals surface area contributed by atoms with Crippen LogP contribution in [0.4, 0.5) is 18.4 Å². The Morgan fingerprint density at radius 2 is 1.93 bits per heavy atom. The summed E-state index contributed by atoms with van der Waals surface area (Å²) in [6, 6.07) is 3.29. The van der Waals surface area contributed by atoms with Crippen LogP contribution >= 0.6 is 0 Å². The van der Waals surface area contributed by atoms with Gasteiger partial charge in [0.25, 0.3) is 0 Å². The van der Waals surface area contributed by atoms with E-state index in [0.717, 1.165) is 12.1 Å². The third-order valence-electron chi connectivity index (χ3n) is 4.74. The molecular weight excluding hydrogens is 358 g/mol. The second-order valence-electron chi connectivity index (χ2n) is 8.11. The number of benzene rings is 1. The van der Waals surface area contributed by atoms with E-state index >= 15 is 0 Å². The van der Waals surface area contributed by atoms with Crippen molar-refractivity contribution in [2.45, 2.75) is 51.4 Å². The van der Waals surface area contributed by atoms with E-state index in [1.54, 1.807) is 4.90 Å². The van der Waals surface area contributed by atoms with Crippen LogP contribution in [0.25, 0.3) is 0 Å². The van der Waals surface area contributed by atoms with Crippen LogP contribution in [0.5, 0.6) is 0 Å². The third-order valence-corrected chi connectivity index (χ3v) is 4.74. The molecule has 3 rings (SSSR count). The van der Waals surface area contributed by atoms with Gasteiger partial charge in [0.1, 0.15) is 22.8 Å². The van der Waals surface area contributed by atoms with E-state index < -0.39 is 28.9 Å². The average molecular weight is 382 g/mol. The smallest absolute Gasteiger partial charge is 0.410 e. The summed E-state index contributed by atoms with van der Waals surface area (Å²) in [7, 11) is 0. The summed E-state index contributed by atoms with van der Waals surface area (Å²) < 4.78 is 37.9. The number of carbonyl (C=O) groups is 2. The van der Waals surface area contributed by atoms with E-state index in [-0.39, 0.29) is 18.2 Å². The Hall–Kier alpha value is -2.38. The van der Waals surface area contributed by atoms with Crippen molar-refractivity contribution in [1.29, 1.82) is 0 Å². The van der Waals surface area contributed by atoms with E-state index in [0.29, 0.717) is 32.5 Å². The lowest BCUT2D eigenvalue weighted by Gasteiger charge is -2.37. The number of hydrogen-bond donors (Lipinski definition) is 0. The molecule has 2 amide bonds. The van der Waals surface area contributed by atoms with E-state index in [2.05, 4.69) is 0 Å². The molecule has 0 radical (unpaired) electrons. The van der Waals surface area contributed by atoms with Crippen molar-refractivity contribution < 1.29 is 27.8 Å². The molecule has 0 bridgehead atoms. The molecule has 2 aliphatic heterocycles. The topological polar surface area (TPSA) is 59.1 Å².